The Morgan fingerprint density at radius 3 is 2.00 bits per heavy atom. The van der Waals surface area contributed by atoms with E-state index < -0.39 is 12.1 Å². The lowest BCUT2D eigenvalue weighted by Crippen LogP contribution is -2.30. The zero-order chi connectivity index (χ0) is 21.8. The molecule has 0 unspecified atom stereocenters. The van der Waals surface area contributed by atoms with Crippen molar-refractivity contribution in [3.63, 3.8) is 0 Å². The Labute approximate surface area is 180 Å². The van der Waals surface area contributed by atoms with Gasteiger partial charge in [0, 0.05) is 0 Å². The largest absolute Gasteiger partial charge is 0.479 e. The van der Waals surface area contributed by atoms with Gasteiger partial charge in [-0.15, -0.1) is 0 Å². The van der Waals surface area contributed by atoms with Crippen molar-refractivity contribution in [1.29, 1.82) is 0 Å². The molecule has 156 valence electrons. The summed E-state index contributed by atoms with van der Waals surface area (Å²) in [7, 11) is 0. The van der Waals surface area contributed by atoms with E-state index >= 15 is 0 Å². The van der Waals surface area contributed by atoms with Gasteiger partial charge in [-0.1, -0.05) is 49.4 Å². The standard InChI is InChI=1S/C25H21NO5/c1-2-22(25(29)30-16-17-8-4-3-5-9-17)31-19-14-12-18(13-15-19)26-23(27)20-10-6-7-11-21(20)24(26)28/h3-15,22H,2,16H2,1H3/t22-/m0/s1. The molecular formula is C25H21NO5. The van der Waals surface area contributed by atoms with E-state index in [0.717, 1.165) is 10.5 Å². The van der Waals surface area contributed by atoms with E-state index in [1.807, 2.05) is 37.3 Å². The summed E-state index contributed by atoms with van der Waals surface area (Å²) in [4.78, 5) is 38.7. The monoisotopic (exact) mass is 415 g/mol. The van der Waals surface area contributed by atoms with Crippen LogP contribution in [0.15, 0.2) is 78.9 Å². The number of carbonyl (C=O) groups is 3. The van der Waals surface area contributed by atoms with Crippen LogP contribution in [0.5, 0.6) is 5.75 Å². The van der Waals surface area contributed by atoms with E-state index in [1.54, 1.807) is 48.5 Å². The molecular weight excluding hydrogens is 394 g/mol. The van der Waals surface area contributed by atoms with Crippen molar-refractivity contribution in [2.75, 3.05) is 4.90 Å². The summed E-state index contributed by atoms with van der Waals surface area (Å²) < 4.78 is 11.1. The van der Waals surface area contributed by atoms with Gasteiger partial charge in [0.25, 0.3) is 11.8 Å². The molecule has 0 saturated carbocycles. The number of anilines is 1. The van der Waals surface area contributed by atoms with Crippen LogP contribution in [0.4, 0.5) is 5.69 Å². The van der Waals surface area contributed by atoms with Gasteiger partial charge in [-0.2, -0.15) is 0 Å². The van der Waals surface area contributed by atoms with Gasteiger partial charge < -0.3 is 9.47 Å². The molecule has 3 aromatic rings. The minimum absolute atomic E-state index is 0.179. The molecule has 0 aliphatic carbocycles. The second-order valence-electron chi connectivity index (χ2n) is 7.09. The normalized spacial score (nSPS) is 13.6. The summed E-state index contributed by atoms with van der Waals surface area (Å²) in [5.74, 6) is -0.713. The number of benzene rings is 3. The first-order valence-electron chi connectivity index (χ1n) is 10.0. The fourth-order valence-corrected chi connectivity index (χ4v) is 3.38. The van der Waals surface area contributed by atoms with Crippen molar-refractivity contribution < 1.29 is 23.9 Å². The molecule has 4 rings (SSSR count). The van der Waals surface area contributed by atoms with Gasteiger partial charge in [-0.05, 0) is 48.4 Å². The summed E-state index contributed by atoms with van der Waals surface area (Å²) in [5.41, 5.74) is 2.12. The average molecular weight is 415 g/mol. The van der Waals surface area contributed by atoms with Gasteiger partial charge in [0.05, 0.1) is 16.8 Å². The first-order chi connectivity index (χ1) is 15.1. The first kappa shape index (κ1) is 20.3. The Hall–Kier alpha value is -3.93. The highest BCUT2D eigenvalue weighted by molar-refractivity contribution is 6.34. The lowest BCUT2D eigenvalue weighted by molar-refractivity contribution is -0.153. The number of nitrogens with zero attached hydrogens (tertiary/aromatic N) is 1. The van der Waals surface area contributed by atoms with Gasteiger partial charge >= 0.3 is 5.97 Å². The van der Waals surface area contributed by atoms with Crippen LogP contribution < -0.4 is 9.64 Å². The lowest BCUT2D eigenvalue weighted by Gasteiger charge is -2.18. The Balaban J connectivity index is 1.41. The van der Waals surface area contributed by atoms with Crippen LogP contribution in [0.1, 0.15) is 39.6 Å². The Bertz CT molecular complexity index is 1070. The number of fused-ring (bicyclic) bond motifs is 1. The van der Waals surface area contributed by atoms with Gasteiger partial charge in [-0.3, -0.25) is 9.59 Å². The second-order valence-corrected chi connectivity index (χ2v) is 7.09. The Kier molecular flexibility index (Phi) is 5.80. The number of hydrogen-bond donors (Lipinski definition) is 0. The SMILES string of the molecule is CC[C@H](Oc1ccc(N2C(=O)c3ccccc3C2=O)cc1)C(=O)OCc1ccccc1. The van der Waals surface area contributed by atoms with Crippen LogP contribution in [0.2, 0.25) is 0 Å². The van der Waals surface area contributed by atoms with Crippen molar-refractivity contribution in [1.82, 2.24) is 0 Å². The zero-order valence-corrected chi connectivity index (χ0v) is 17.0. The molecule has 2 amide bonds. The number of rotatable bonds is 7. The fourth-order valence-electron chi connectivity index (χ4n) is 3.38. The summed E-state index contributed by atoms with van der Waals surface area (Å²) in [6.45, 7) is 2.01. The Morgan fingerprint density at radius 1 is 0.839 bits per heavy atom. The highest BCUT2D eigenvalue weighted by Crippen LogP contribution is 2.29. The number of carbonyl (C=O) groups excluding carboxylic acids is 3. The second kappa shape index (κ2) is 8.83. The minimum Gasteiger partial charge on any atom is -0.479 e. The van der Waals surface area contributed by atoms with Gasteiger partial charge in [0.2, 0.25) is 0 Å². The van der Waals surface area contributed by atoms with E-state index in [-0.39, 0.29) is 18.4 Å². The predicted octanol–water partition coefficient (Wildman–Crippen LogP) is 4.39. The van der Waals surface area contributed by atoms with Crippen LogP contribution in [0.3, 0.4) is 0 Å². The molecule has 1 aliphatic heterocycles. The molecule has 1 heterocycles. The van der Waals surface area contributed by atoms with Crippen molar-refractivity contribution in [2.45, 2.75) is 26.1 Å². The molecule has 6 heteroatoms. The summed E-state index contributed by atoms with van der Waals surface area (Å²) in [5, 5.41) is 0. The van der Waals surface area contributed by atoms with E-state index in [1.165, 1.54) is 0 Å². The molecule has 31 heavy (non-hydrogen) atoms. The van der Waals surface area contributed by atoms with Crippen LogP contribution >= 0.6 is 0 Å². The van der Waals surface area contributed by atoms with E-state index in [2.05, 4.69) is 0 Å². The zero-order valence-electron chi connectivity index (χ0n) is 17.0. The highest BCUT2D eigenvalue weighted by atomic mass is 16.6. The minimum atomic E-state index is -0.756. The number of hydrogen-bond acceptors (Lipinski definition) is 5. The molecule has 0 bridgehead atoms. The van der Waals surface area contributed by atoms with Crippen molar-refractivity contribution >= 4 is 23.5 Å². The third-order valence-electron chi connectivity index (χ3n) is 5.02. The molecule has 3 aromatic carbocycles. The van der Waals surface area contributed by atoms with Crippen LogP contribution in [-0.2, 0) is 16.1 Å². The number of ether oxygens (including phenoxy) is 2. The fraction of sp³-hybridized carbons (Fsp3) is 0.160. The van der Waals surface area contributed by atoms with E-state index in [9.17, 15) is 14.4 Å². The van der Waals surface area contributed by atoms with Crippen LogP contribution in [-0.4, -0.2) is 23.9 Å². The molecule has 1 atom stereocenters. The molecule has 0 spiro atoms. The average Bonchev–Trinajstić information content (AvgIpc) is 3.07. The molecule has 6 nitrogen and oxygen atoms in total. The lowest BCUT2D eigenvalue weighted by atomic mass is 10.1. The maximum Gasteiger partial charge on any atom is 0.347 e. The smallest absolute Gasteiger partial charge is 0.347 e. The summed E-state index contributed by atoms with van der Waals surface area (Å²) in [6, 6.07) is 22.7. The molecule has 0 aromatic heterocycles. The van der Waals surface area contributed by atoms with Crippen molar-refractivity contribution in [2.24, 2.45) is 0 Å². The van der Waals surface area contributed by atoms with Gasteiger partial charge in [-0.25, -0.2) is 9.69 Å². The Morgan fingerprint density at radius 2 is 1.42 bits per heavy atom. The van der Waals surface area contributed by atoms with Crippen LogP contribution in [0.25, 0.3) is 0 Å². The summed E-state index contributed by atoms with van der Waals surface area (Å²) in [6.07, 6.45) is -0.317. The number of esters is 1. The molecule has 0 saturated heterocycles. The molecule has 0 radical (unpaired) electrons. The van der Waals surface area contributed by atoms with Gasteiger partial charge in [0.1, 0.15) is 12.4 Å². The third-order valence-corrected chi connectivity index (χ3v) is 5.02. The van der Waals surface area contributed by atoms with Crippen LogP contribution in [0, 0.1) is 0 Å². The predicted molar refractivity (Wildman–Crippen MR) is 115 cm³/mol. The summed E-state index contributed by atoms with van der Waals surface area (Å²) >= 11 is 0. The quantitative estimate of drug-likeness (QED) is 0.423. The van der Waals surface area contributed by atoms with E-state index in [0.29, 0.717) is 29.0 Å². The van der Waals surface area contributed by atoms with Gasteiger partial charge in [0.15, 0.2) is 6.10 Å². The molecule has 1 aliphatic rings. The molecule has 0 N–H and O–H groups in total. The first-order valence-corrected chi connectivity index (χ1v) is 10.0. The van der Waals surface area contributed by atoms with Crippen molar-refractivity contribution in [3.8, 4) is 5.75 Å². The topological polar surface area (TPSA) is 72.9 Å². The number of imide groups is 1. The molecule has 0 fully saturated rings. The van der Waals surface area contributed by atoms with Crippen molar-refractivity contribution in [3.05, 3.63) is 95.6 Å². The maximum absolute atomic E-state index is 12.6. The maximum atomic E-state index is 12.6. The highest BCUT2D eigenvalue weighted by Gasteiger charge is 2.36. The third kappa shape index (κ3) is 4.19. The number of amides is 2. The van der Waals surface area contributed by atoms with E-state index in [4.69, 9.17) is 9.47 Å².